The van der Waals surface area contributed by atoms with Crippen LogP contribution in [0.5, 0.6) is 0 Å². The Bertz CT molecular complexity index is 873. The molecule has 10 nitrogen and oxygen atoms in total. The maximum Gasteiger partial charge on any atom is 0.492 e. The third-order valence-electron chi connectivity index (χ3n) is 7.89. The fraction of sp³-hybridized carbons (Fsp3) is 1.00. The Kier molecular flexibility index (Phi) is 15.6. The fourth-order valence-electron chi connectivity index (χ4n) is 5.20. The molecule has 1 saturated heterocycles. The largest absolute Gasteiger partial charge is 0.492 e. The van der Waals surface area contributed by atoms with Crippen molar-refractivity contribution in [1.82, 2.24) is 0 Å². The molecule has 15 heteroatoms. The van der Waals surface area contributed by atoms with E-state index in [1.54, 1.807) is 0 Å². The highest BCUT2D eigenvalue weighted by Crippen LogP contribution is 2.58. The maximum atomic E-state index is 7.76. The molecule has 1 rings (SSSR count). The van der Waals surface area contributed by atoms with Gasteiger partial charge in [0.25, 0.3) is 0 Å². The smallest absolute Gasteiger partial charge is 0.372 e. The molecule has 1 aliphatic heterocycles. The van der Waals surface area contributed by atoms with Crippen molar-refractivity contribution in [3.05, 3.63) is 0 Å². The van der Waals surface area contributed by atoms with E-state index in [0.29, 0.717) is 0 Å². The summed E-state index contributed by atoms with van der Waals surface area (Å²) in [5.74, 6) is 0. The van der Waals surface area contributed by atoms with Gasteiger partial charge in [0.05, 0.1) is 0 Å². The van der Waals surface area contributed by atoms with Gasteiger partial charge in [0.1, 0.15) is 0 Å². The normalized spacial score (nSPS) is 31.8. The van der Waals surface area contributed by atoms with E-state index < -0.39 is 69.2 Å². The van der Waals surface area contributed by atoms with Gasteiger partial charge in [-0.25, -0.2) is 0 Å². The number of rotatable bonds is 10. The minimum absolute atomic E-state index is 0.274. The summed E-state index contributed by atoms with van der Waals surface area (Å²) in [5.41, 5.74) is 0. The molecule has 0 amide bonds. The van der Waals surface area contributed by atoms with Gasteiger partial charge >= 0.3 is 44.0 Å². The highest BCUT2D eigenvalue weighted by Gasteiger charge is 2.78. The molecule has 300 valence electrons. The maximum absolute atomic E-state index is 7.76. The Balaban J connectivity index is 5.04. The zero-order valence-corrected chi connectivity index (χ0v) is 42.0. The van der Waals surface area contributed by atoms with Crippen LogP contribution in [0, 0.1) is 0 Å². The Labute approximate surface area is 314 Å². The van der Waals surface area contributed by atoms with Gasteiger partial charge in [-0.3, -0.25) is 0 Å². The van der Waals surface area contributed by atoms with Gasteiger partial charge in [-0.05, 0) is 69.2 Å². The van der Waals surface area contributed by atoms with Gasteiger partial charge < -0.3 is 42.7 Å². The lowest BCUT2D eigenvalue weighted by Gasteiger charge is -2.59. The minimum Gasteiger partial charge on any atom is -0.372 e. The Hall–Kier alpha value is 0.684. The summed E-state index contributed by atoms with van der Waals surface area (Å²) in [5, 5.41) is -3.44. The summed E-state index contributed by atoms with van der Waals surface area (Å²) < 4.78 is 74.6. The van der Waals surface area contributed by atoms with Crippen LogP contribution in [-0.4, -0.2) is 74.5 Å². The van der Waals surface area contributed by atoms with Crippen LogP contribution >= 0.6 is 0 Å². The van der Waals surface area contributed by atoms with E-state index in [4.69, 9.17) is 42.7 Å². The van der Waals surface area contributed by atoms with Gasteiger partial charge in [-0.15, -0.1) is 0 Å². The van der Waals surface area contributed by atoms with Crippen LogP contribution < -0.4 is 0 Å². The van der Waals surface area contributed by atoms with E-state index in [2.05, 4.69) is 104 Å². The van der Waals surface area contributed by atoms with Gasteiger partial charge in [-0.1, -0.05) is 104 Å². The first-order valence-electron chi connectivity index (χ1n) is 18.8. The van der Waals surface area contributed by atoms with Crippen LogP contribution in [-0.2, 0) is 42.7 Å². The molecule has 0 aromatic carbocycles. The highest BCUT2D eigenvalue weighted by molar-refractivity contribution is 6.92. The molecule has 0 aromatic heterocycles. The standard InChI is InChI=1S/C35H80O10Si5/c1-26(2)36-46(31(11,12)13)41-47(32(14,15)16,37-27(3)4)43-49(34(20,21)22,39-29(7)8)45-50(35(23,24)25,40-30(9)10)44-48(42-46,33(17,18)19)38-28(5)6/h26-30H,1-25H3. The van der Waals surface area contributed by atoms with Gasteiger partial charge in [0.2, 0.25) is 0 Å². The molecule has 1 heterocycles. The second-order valence-electron chi connectivity index (χ2n) is 20.4. The van der Waals surface area contributed by atoms with Gasteiger partial charge in [0, 0.05) is 55.7 Å². The van der Waals surface area contributed by atoms with Crippen molar-refractivity contribution in [2.24, 2.45) is 0 Å². The van der Waals surface area contributed by atoms with E-state index in [1.807, 2.05) is 69.2 Å². The van der Waals surface area contributed by atoms with E-state index in [1.165, 1.54) is 0 Å². The number of hydrogen-bond acceptors (Lipinski definition) is 10. The van der Waals surface area contributed by atoms with Crippen LogP contribution in [0.2, 0.25) is 25.2 Å². The molecule has 0 N–H and O–H groups in total. The zero-order chi connectivity index (χ0) is 40.0. The van der Waals surface area contributed by atoms with Crippen LogP contribution in [0.1, 0.15) is 173 Å². The molecule has 0 radical (unpaired) electrons. The zero-order valence-electron chi connectivity index (χ0n) is 37.0. The van der Waals surface area contributed by atoms with Crippen molar-refractivity contribution in [3.63, 3.8) is 0 Å². The monoisotopic (exact) mass is 800 g/mol. The first-order valence-corrected chi connectivity index (χ1v) is 27.4. The molecule has 0 saturated carbocycles. The molecule has 1 aliphatic rings. The number of hydrogen-bond donors (Lipinski definition) is 0. The Morgan fingerprint density at radius 1 is 0.260 bits per heavy atom. The second-order valence-corrected chi connectivity index (χ2v) is 38.7. The molecule has 0 aromatic rings. The molecule has 0 spiro atoms. The minimum atomic E-state index is -4.03. The first kappa shape index (κ1) is 48.7. The summed E-state index contributed by atoms with van der Waals surface area (Å²) in [6.45, 7) is 51.7. The van der Waals surface area contributed by atoms with E-state index in [9.17, 15) is 0 Å². The molecule has 50 heavy (non-hydrogen) atoms. The lowest BCUT2D eigenvalue weighted by molar-refractivity contribution is -0.0383. The van der Waals surface area contributed by atoms with Crippen molar-refractivity contribution in [2.45, 2.75) is 229 Å². The molecule has 0 bridgehead atoms. The van der Waals surface area contributed by atoms with Crippen molar-refractivity contribution >= 4 is 44.0 Å². The van der Waals surface area contributed by atoms with Gasteiger partial charge in [-0.2, -0.15) is 0 Å². The Morgan fingerprint density at radius 2 is 0.360 bits per heavy atom. The lowest BCUT2D eigenvalue weighted by Crippen LogP contribution is -2.80. The molecule has 0 atom stereocenters. The summed E-state index contributed by atoms with van der Waals surface area (Å²) in [6.07, 6.45) is -1.37. The topological polar surface area (TPSA) is 92.3 Å². The van der Waals surface area contributed by atoms with Crippen molar-refractivity contribution in [3.8, 4) is 0 Å². The third kappa shape index (κ3) is 10.9. The van der Waals surface area contributed by atoms with E-state index >= 15 is 0 Å². The van der Waals surface area contributed by atoms with Crippen LogP contribution in [0.4, 0.5) is 0 Å². The molecule has 1 fully saturated rings. The predicted molar refractivity (Wildman–Crippen MR) is 214 cm³/mol. The van der Waals surface area contributed by atoms with Crippen molar-refractivity contribution in [1.29, 1.82) is 0 Å². The van der Waals surface area contributed by atoms with Crippen LogP contribution in [0.25, 0.3) is 0 Å². The molecular formula is C35H80O10Si5. The molecule has 0 aliphatic carbocycles. The van der Waals surface area contributed by atoms with E-state index in [-0.39, 0.29) is 30.5 Å². The lowest BCUT2D eigenvalue weighted by atomic mass is 10.3. The van der Waals surface area contributed by atoms with E-state index in [0.717, 1.165) is 0 Å². The SMILES string of the molecule is CC(C)O[Si]1(C(C)(C)C)O[Si](OC(C)C)(C(C)(C)C)O[Si](OC(C)C)(C(C)(C)C)O[Si](OC(C)C)(C(C)(C)C)O[Si](OC(C)C)(C(C)(C)C)O1. The molecular weight excluding hydrogens is 721 g/mol. The molecule has 0 unspecified atom stereocenters. The third-order valence-corrected chi connectivity index (χ3v) is 31.7. The Morgan fingerprint density at radius 3 is 0.420 bits per heavy atom. The summed E-state index contributed by atoms with van der Waals surface area (Å²) in [7, 11) is -20.2. The summed E-state index contributed by atoms with van der Waals surface area (Å²) in [4.78, 5) is 0. The predicted octanol–water partition coefficient (Wildman–Crippen LogP) is 10.9. The quantitative estimate of drug-likeness (QED) is 0.199. The average molecular weight is 801 g/mol. The van der Waals surface area contributed by atoms with Crippen molar-refractivity contribution < 1.29 is 42.7 Å². The van der Waals surface area contributed by atoms with Crippen molar-refractivity contribution in [2.75, 3.05) is 0 Å². The van der Waals surface area contributed by atoms with Crippen LogP contribution in [0.3, 0.4) is 0 Å². The highest BCUT2D eigenvalue weighted by atomic mass is 28.6. The second kappa shape index (κ2) is 16.0. The first-order chi connectivity index (χ1) is 21.9. The average Bonchev–Trinajstić information content (AvgIpc) is 2.77. The summed E-state index contributed by atoms with van der Waals surface area (Å²) >= 11 is 0. The summed E-state index contributed by atoms with van der Waals surface area (Å²) in [6, 6.07) is 0. The van der Waals surface area contributed by atoms with Crippen LogP contribution in [0.15, 0.2) is 0 Å². The fourth-order valence-corrected chi connectivity index (χ4v) is 34.0. The van der Waals surface area contributed by atoms with Gasteiger partial charge in [0.15, 0.2) is 0 Å².